The van der Waals surface area contributed by atoms with Gasteiger partial charge in [-0.1, -0.05) is 30.3 Å². The van der Waals surface area contributed by atoms with Crippen LogP contribution in [0.5, 0.6) is 0 Å². The molecule has 1 N–H and O–H groups in total. The Kier molecular flexibility index (Phi) is 4.30. The molecule has 0 saturated heterocycles. The normalized spacial score (nSPS) is 17.5. The van der Waals surface area contributed by atoms with Crippen LogP contribution in [0.1, 0.15) is 35.4 Å². The summed E-state index contributed by atoms with van der Waals surface area (Å²) in [4.78, 5) is 0. The quantitative estimate of drug-likeness (QED) is 0.889. The predicted octanol–water partition coefficient (Wildman–Crippen LogP) is 4.17. The van der Waals surface area contributed by atoms with Gasteiger partial charge in [-0.05, 0) is 54.0 Å². The molecule has 0 bridgehead atoms. The van der Waals surface area contributed by atoms with Crippen molar-refractivity contribution in [1.82, 2.24) is 5.32 Å². The summed E-state index contributed by atoms with van der Waals surface area (Å²) in [5.74, 6) is -1.06. The molecule has 1 nitrogen and oxygen atoms in total. The number of rotatable bonds is 4. The van der Waals surface area contributed by atoms with Gasteiger partial charge in [-0.3, -0.25) is 0 Å². The summed E-state index contributed by atoms with van der Waals surface area (Å²) >= 11 is 0. The van der Waals surface area contributed by atoms with Crippen molar-refractivity contribution in [1.29, 1.82) is 0 Å². The Hall–Kier alpha value is -1.74. The van der Waals surface area contributed by atoms with Crippen molar-refractivity contribution in [3.05, 3.63) is 70.8 Å². The number of hydrogen-bond donors (Lipinski definition) is 1. The lowest BCUT2D eigenvalue weighted by Gasteiger charge is -2.25. The minimum Gasteiger partial charge on any atom is -0.312 e. The first-order chi connectivity index (χ1) is 10.2. The van der Waals surface area contributed by atoms with Crippen LogP contribution in [-0.2, 0) is 13.0 Å². The number of fused-ring (bicyclic) bond motifs is 1. The monoisotopic (exact) mass is 287 g/mol. The molecule has 2 aromatic rings. The molecule has 3 rings (SSSR count). The molecule has 0 heterocycles. The van der Waals surface area contributed by atoms with Gasteiger partial charge in [0.05, 0.1) is 0 Å². The van der Waals surface area contributed by atoms with Gasteiger partial charge in [0.25, 0.3) is 0 Å². The molecule has 110 valence electrons. The van der Waals surface area contributed by atoms with E-state index in [0.29, 0.717) is 12.5 Å². The van der Waals surface area contributed by atoms with E-state index in [4.69, 9.17) is 0 Å². The van der Waals surface area contributed by atoms with E-state index in [9.17, 15) is 8.78 Å². The second-order valence-corrected chi connectivity index (χ2v) is 5.67. The molecule has 21 heavy (non-hydrogen) atoms. The van der Waals surface area contributed by atoms with Crippen molar-refractivity contribution in [3.8, 4) is 0 Å². The second kappa shape index (κ2) is 6.35. The minimum atomic E-state index is -0.792. The molecule has 0 aromatic heterocycles. The van der Waals surface area contributed by atoms with Crippen molar-refractivity contribution in [2.45, 2.75) is 31.7 Å². The fourth-order valence-electron chi connectivity index (χ4n) is 3.11. The number of aryl methyl sites for hydroxylation is 1. The lowest BCUT2D eigenvalue weighted by Crippen LogP contribution is -2.24. The van der Waals surface area contributed by atoms with Crippen molar-refractivity contribution >= 4 is 0 Å². The molecule has 3 heteroatoms. The SMILES string of the molecule is Fc1ccc(CNCC2CCCc3ccccc32)cc1F. The summed E-state index contributed by atoms with van der Waals surface area (Å²) in [7, 11) is 0. The number of halogens is 2. The Morgan fingerprint density at radius 2 is 1.90 bits per heavy atom. The largest absolute Gasteiger partial charge is 0.312 e. The van der Waals surface area contributed by atoms with Crippen LogP contribution in [0, 0.1) is 11.6 Å². The zero-order chi connectivity index (χ0) is 14.7. The molecule has 0 amide bonds. The molecule has 1 aliphatic rings. The summed E-state index contributed by atoms with van der Waals surface area (Å²) in [6, 6.07) is 12.7. The van der Waals surface area contributed by atoms with E-state index >= 15 is 0 Å². The van der Waals surface area contributed by atoms with E-state index in [1.54, 1.807) is 6.07 Å². The van der Waals surface area contributed by atoms with Gasteiger partial charge in [-0.15, -0.1) is 0 Å². The third-order valence-corrected chi connectivity index (χ3v) is 4.20. The molecule has 0 aliphatic heterocycles. The number of nitrogens with one attached hydrogen (secondary N) is 1. The maximum Gasteiger partial charge on any atom is 0.159 e. The summed E-state index contributed by atoms with van der Waals surface area (Å²) in [6.45, 7) is 1.44. The summed E-state index contributed by atoms with van der Waals surface area (Å²) in [5.41, 5.74) is 3.66. The lowest BCUT2D eigenvalue weighted by atomic mass is 9.83. The minimum absolute atomic E-state index is 0.514. The summed E-state index contributed by atoms with van der Waals surface area (Å²) in [5, 5.41) is 3.37. The highest BCUT2D eigenvalue weighted by Gasteiger charge is 2.19. The molecule has 1 unspecified atom stereocenters. The van der Waals surface area contributed by atoms with Crippen molar-refractivity contribution in [2.75, 3.05) is 6.54 Å². The first-order valence-corrected chi connectivity index (χ1v) is 7.46. The van der Waals surface area contributed by atoms with Crippen LogP contribution in [0.25, 0.3) is 0 Å². The Morgan fingerprint density at radius 3 is 2.76 bits per heavy atom. The fourth-order valence-corrected chi connectivity index (χ4v) is 3.11. The van der Waals surface area contributed by atoms with Crippen LogP contribution in [0.15, 0.2) is 42.5 Å². The highest BCUT2D eigenvalue weighted by atomic mass is 19.2. The van der Waals surface area contributed by atoms with Crippen molar-refractivity contribution < 1.29 is 8.78 Å². The van der Waals surface area contributed by atoms with Gasteiger partial charge in [-0.2, -0.15) is 0 Å². The second-order valence-electron chi connectivity index (χ2n) is 5.67. The lowest BCUT2D eigenvalue weighted by molar-refractivity contribution is 0.497. The molecular weight excluding hydrogens is 268 g/mol. The topological polar surface area (TPSA) is 12.0 Å². The van der Waals surface area contributed by atoms with E-state index in [1.165, 1.54) is 36.1 Å². The standard InChI is InChI=1S/C18H19F2N/c19-17-9-8-13(10-18(17)20)11-21-12-15-6-3-5-14-4-1-2-7-16(14)15/h1-2,4,7-10,15,21H,3,5-6,11-12H2. The van der Waals surface area contributed by atoms with E-state index < -0.39 is 11.6 Å². The van der Waals surface area contributed by atoms with Gasteiger partial charge < -0.3 is 5.32 Å². The van der Waals surface area contributed by atoms with Gasteiger partial charge >= 0.3 is 0 Å². The first-order valence-electron chi connectivity index (χ1n) is 7.46. The molecule has 0 radical (unpaired) electrons. The van der Waals surface area contributed by atoms with Gasteiger partial charge in [-0.25, -0.2) is 8.78 Å². The molecule has 0 saturated carbocycles. The van der Waals surface area contributed by atoms with Gasteiger partial charge in [0, 0.05) is 13.1 Å². The van der Waals surface area contributed by atoms with Crippen LogP contribution in [0.3, 0.4) is 0 Å². The Bertz CT molecular complexity index is 624. The van der Waals surface area contributed by atoms with Gasteiger partial charge in [0.2, 0.25) is 0 Å². The zero-order valence-corrected chi connectivity index (χ0v) is 11.9. The fraction of sp³-hybridized carbons (Fsp3) is 0.333. The van der Waals surface area contributed by atoms with Crippen molar-refractivity contribution in [2.24, 2.45) is 0 Å². The molecule has 0 fully saturated rings. The number of benzene rings is 2. The van der Waals surface area contributed by atoms with Crippen LogP contribution in [0.4, 0.5) is 8.78 Å². The third kappa shape index (κ3) is 3.30. The van der Waals surface area contributed by atoms with Crippen LogP contribution in [-0.4, -0.2) is 6.54 Å². The van der Waals surface area contributed by atoms with E-state index in [1.807, 2.05) is 0 Å². The smallest absolute Gasteiger partial charge is 0.159 e. The summed E-state index contributed by atoms with van der Waals surface area (Å²) < 4.78 is 26.0. The Morgan fingerprint density at radius 1 is 1.05 bits per heavy atom. The first kappa shape index (κ1) is 14.2. The van der Waals surface area contributed by atoms with Crippen molar-refractivity contribution in [3.63, 3.8) is 0 Å². The molecule has 1 aliphatic carbocycles. The van der Waals surface area contributed by atoms with Crippen LogP contribution < -0.4 is 5.32 Å². The van der Waals surface area contributed by atoms with Crippen LogP contribution >= 0.6 is 0 Å². The van der Waals surface area contributed by atoms with E-state index in [2.05, 4.69) is 29.6 Å². The molecular formula is C18H19F2N. The average molecular weight is 287 g/mol. The van der Waals surface area contributed by atoms with Crippen LogP contribution in [0.2, 0.25) is 0 Å². The average Bonchev–Trinajstić information content (AvgIpc) is 2.51. The third-order valence-electron chi connectivity index (χ3n) is 4.20. The Labute approximate surface area is 124 Å². The van der Waals surface area contributed by atoms with E-state index in [-0.39, 0.29) is 0 Å². The molecule has 0 spiro atoms. The molecule has 2 aromatic carbocycles. The zero-order valence-electron chi connectivity index (χ0n) is 11.9. The maximum absolute atomic E-state index is 13.2. The van der Waals surface area contributed by atoms with E-state index in [0.717, 1.165) is 18.5 Å². The Balaban J connectivity index is 1.60. The van der Waals surface area contributed by atoms with Gasteiger partial charge in [0.1, 0.15) is 0 Å². The highest BCUT2D eigenvalue weighted by molar-refractivity contribution is 5.32. The van der Waals surface area contributed by atoms with Gasteiger partial charge in [0.15, 0.2) is 11.6 Å². The highest BCUT2D eigenvalue weighted by Crippen LogP contribution is 2.30. The predicted molar refractivity (Wildman–Crippen MR) is 80.2 cm³/mol. The number of hydrogen-bond acceptors (Lipinski definition) is 1. The maximum atomic E-state index is 13.2. The molecule has 1 atom stereocenters. The summed E-state index contributed by atoms with van der Waals surface area (Å²) in [6.07, 6.45) is 3.56.